The van der Waals surface area contributed by atoms with Crippen molar-refractivity contribution in [2.45, 2.75) is 50.2 Å². The van der Waals surface area contributed by atoms with Gasteiger partial charge in [0.25, 0.3) is 0 Å². The van der Waals surface area contributed by atoms with Gasteiger partial charge in [0.1, 0.15) is 23.0 Å². The molecule has 2 atom stereocenters. The summed E-state index contributed by atoms with van der Waals surface area (Å²) >= 11 is 2.09. The Balaban J connectivity index is 2.15. The van der Waals surface area contributed by atoms with E-state index in [9.17, 15) is 0 Å². The maximum Gasteiger partial charge on any atom is 0.110 e. The Hall–Kier alpha value is 0.650. The van der Waals surface area contributed by atoms with E-state index in [4.69, 9.17) is 3.07 Å². The smallest absolute Gasteiger partial charge is 0.110 e. The number of rotatable bonds is 1. The molecular weight excluding hydrogens is 277 g/mol. The van der Waals surface area contributed by atoms with Crippen molar-refractivity contribution < 1.29 is 3.07 Å². The van der Waals surface area contributed by atoms with Crippen LogP contribution in [0.5, 0.6) is 0 Å². The molecule has 1 aliphatic heterocycles. The predicted molar refractivity (Wildman–Crippen MR) is 62.0 cm³/mol. The van der Waals surface area contributed by atoms with E-state index in [1.807, 2.05) is 0 Å². The minimum atomic E-state index is 0.402. The van der Waals surface area contributed by atoms with Crippen LogP contribution in [0.4, 0.5) is 0 Å². The largest absolute Gasteiger partial charge is 0.310 e. The second-order valence-electron chi connectivity index (χ2n) is 4.45. The summed E-state index contributed by atoms with van der Waals surface area (Å²) in [6.07, 6.45) is 8.52. The van der Waals surface area contributed by atoms with Gasteiger partial charge in [-0.2, -0.15) is 0 Å². The minimum absolute atomic E-state index is 0.402. The molecule has 1 heterocycles. The summed E-state index contributed by atoms with van der Waals surface area (Å²) in [6, 6.07) is 0. The fourth-order valence-corrected chi connectivity index (χ4v) is 3.80. The van der Waals surface area contributed by atoms with E-state index in [1.54, 1.807) is 0 Å². The van der Waals surface area contributed by atoms with E-state index in [1.165, 1.54) is 45.1 Å². The van der Waals surface area contributed by atoms with Gasteiger partial charge in [0.05, 0.1) is 6.10 Å². The molecule has 1 saturated carbocycles. The van der Waals surface area contributed by atoms with Crippen molar-refractivity contribution in [3.63, 3.8) is 0 Å². The zero-order chi connectivity index (χ0) is 9.31. The topological polar surface area (TPSA) is 12.5 Å². The summed E-state index contributed by atoms with van der Waals surface area (Å²) in [7, 11) is 2.26. The van der Waals surface area contributed by atoms with Crippen LogP contribution >= 0.6 is 23.0 Å². The molecule has 1 aliphatic carbocycles. The molecule has 2 unspecified atom stereocenters. The lowest BCUT2D eigenvalue weighted by Crippen LogP contribution is -2.53. The summed E-state index contributed by atoms with van der Waals surface area (Å²) in [5.41, 5.74) is 0.402. The van der Waals surface area contributed by atoms with Gasteiger partial charge in [-0.25, -0.2) is 0 Å². The van der Waals surface area contributed by atoms with Gasteiger partial charge in [-0.1, -0.05) is 12.8 Å². The van der Waals surface area contributed by atoms with Crippen LogP contribution in [0.25, 0.3) is 0 Å². The molecule has 76 valence electrons. The highest BCUT2D eigenvalue weighted by Crippen LogP contribution is 2.42. The van der Waals surface area contributed by atoms with Crippen molar-refractivity contribution in [3.8, 4) is 0 Å². The summed E-state index contributed by atoms with van der Waals surface area (Å²) in [5, 5.41) is 0. The van der Waals surface area contributed by atoms with Crippen molar-refractivity contribution in [2.24, 2.45) is 0 Å². The third kappa shape index (κ3) is 1.63. The van der Waals surface area contributed by atoms with Crippen LogP contribution in [0.1, 0.15) is 38.5 Å². The van der Waals surface area contributed by atoms with Gasteiger partial charge in [0.15, 0.2) is 0 Å². The van der Waals surface area contributed by atoms with Crippen molar-refractivity contribution in [3.05, 3.63) is 0 Å². The number of nitrogens with zero attached hydrogens (tertiary/aromatic N) is 1. The van der Waals surface area contributed by atoms with E-state index in [-0.39, 0.29) is 0 Å². The van der Waals surface area contributed by atoms with Crippen LogP contribution in [0, 0.1) is 0 Å². The highest BCUT2D eigenvalue weighted by molar-refractivity contribution is 14.1. The van der Waals surface area contributed by atoms with Gasteiger partial charge < -0.3 is 3.07 Å². The lowest BCUT2D eigenvalue weighted by atomic mass is 9.77. The molecule has 13 heavy (non-hydrogen) atoms. The zero-order valence-corrected chi connectivity index (χ0v) is 10.4. The summed E-state index contributed by atoms with van der Waals surface area (Å²) in [4.78, 5) is 2.54. The first-order valence-corrected chi connectivity index (χ1v) is 6.16. The molecule has 0 radical (unpaired) electrons. The highest BCUT2D eigenvalue weighted by Gasteiger charge is 2.47. The zero-order valence-electron chi connectivity index (χ0n) is 8.26. The molecule has 1 saturated heterocycles. The van der Waals surface area contributed by atoms with Gasteiger partial charge in [-0.3, -0.25) is 4.90 Å². The van der Waals surface area contributed by atoms with Crippen molar-refractivity contribution in [1.29, 1.82) is 0 Å². The highest BCUT2D eigenvalue weighted by atomic mass is 127. The van der Waals surface area contributed by atoms with Crippen LogP contribution in [-0.4, -0.2) is 30.1 Å². The third-order valence-corrected chi connectivity index (χ3v) is 4.51. The molecule has 2 rings (SSSR count). The molecule has 3 heteroatoms. The van der Waals surface area contributed by atoms with Gasteiger partial charge in [-0.15, -0.1) is 0 Å². The molecular formula is C10H18INO. The second kappa shape index (κ2) is 4.03. The molecule has 1 spiro atoms. The fourth-order valence-electron chi connectivity index (χ4n) is 3.08. The summed E-state index contributed by atoms with van der Waals surface area (Å²) in [6.45, 7) is 1.26. The van der Waals surface area contributed by atoms with Gasteiger partial charge >= 0.3 is 0 Å². The standard InChI is InChI=1S/C10H18INO/c1-12-8-4-7-10(12)6-3-2-5-9(10)13-11/h9H,2-8H2,1H3. The Bertz CT molecular complexity index is 188. The van der Waals surface area contributed by atoms with E-state index in [0.717, 1.165) is 0 Å². The number of halogens is 1. The molecule has 0 bridgehead atoms. The lowest BCUT2D eigenvalue weighted by molar-refractivity contribution is 0.0135. The van der Waals surface area contributed by atoms with E-state index in [0.29, 0.717) is 11.6 Å². The fraction of sp³-hybridized carbons (Fsp3) is 1.00. The first-order valence-electron chi connectivity index (χ1n) is 5.28. The first-order chi connectivity index (χ1) is 6.29. The van der Waals surface area contributed by atoms with Crippen molar-refractivity contribution in [1.82, 2.24) is 4.90 Å². The normalized spacial score (nSPS) is 41.5. The van der Waals surface area contributed by atoms with Crippen molar-refractivity contribution >= 4 is 23.0 Å². The monoisotopic (exact) mass is 295 g/mol. The Labute approximate surface area is 94.7 Å². The molecule has 0 amide bonds. The molecule has 0 aromatic carbocycles. The van der Waals surface area contributed by atoms with Crippen LogP contribution < -0.4 is 0 Å². The Morgan fingerprint density at radius 1 is 1.31 bits per heavy atom. The minimum Gasteiger partial charge on any atom is -0.310 e. The molecule has 2 fully saturated rings. The first kappa shape index (κ1) is 10.2. The number of hydrogen-bond acceptors (Lipinski definition) is 2. The quantitative estimate of drug-likeness (QED) is 0.690. The van der Waals surface area contributed by atoms with Crippen LogP contribution in [0.2, 0.25) is 0 Å². The van der Waals surface area contributed by atoms with Crippen molar-refractivity contribution in [2.75, 3.05) is 13.6 Å². The number of likely N-dealkylation sites (tertiary alicyclic amines) is 1. The van der Waals surface area contributed by atoms with Crippen LogP contribution in [0.15, 0.2) is 0 Å². The average Bonchev–Trinajstić information content (AvgIpc) is 2.50. The SMILES string of the molecule is CN1CCCC12CCCCC2OI. The number of hydrogen-bond donors (Lipinski definition) is 0. The summed E-state index contributed by atoms with van der Waals surface area (Å²) in [5.74, 6) is 0. The maximum atomic E-state index is 5.63. The Morgan fingerprint density at radius 3 is 2.69 bits per heavy atom. The second-order valence-corrected chi connectivity index (χ2v) is 4.96. The maximum absolute atomic E-state index is 5.63. The third-order valence-electron chi connectivity index (χ3n) is 3.90. The van der Waals surface area contributed by atoms with E-state index >= 15 is 0 Å². The predicted octanol–water partition coefficient (Wildman–Crippen LogP) is 2.76. The van der Waals surface area contributed by atoms with Gasteiger partial charge in [-0.05, 0) is 39.3 Å². The summed E-state index contributed by atoms with van der Waals surface area (Å²) < 4.78 is 5.63. The van der Waals surface area contributed by atoms with Crippen LogP contribution in [-0.2, 0) is 3.07 Å². The van der Waals surface area contributed by atoms with Gasteiger partial charge in [0.2, 0.25) is 0 Å². The van der Waals surface area contributed by atoms with E-state index < -0.39 is 0 Å². The van der Waals surface area contributed by atoms with Crippen LogP contribution in [0.3, 0.4) is 0 Å². The molecule has 2 nitrogen and oxygen atoms in total. The molecule has 0 N–H and O–H groups in total. The Morgan fingerprint density at radius 2 is 2.08 bits per heavy atom. The molecule has 0 aromatic heterocycles. The lowest BCUT2D eigenvalue weighted by Gasteiger charge is -2.44. The number of likely N-dealkylation sites (N-methyl/N-ethyl adjacent to an activating group) is 1. The Kier molecular flexibility index (Phi) is 3.15. The van der Waals surface area contributed by atoms with E-state index in [2.05, 4.69) is 35.0 Å². The van der Waals surface area contributed by atoms with Gasteiger partial charge in [0, 0.05) is 5.54 Å². The average molecular weight is 295 g/mol. The molecule has 2 aliphatic rings. The molecule has 0 aromatic rings.